The maximum absolute atomic E-state index is 12.3. The molecule has 21 nitrogen and oxygen atoms in total. The average molecular weight is 951 g/mol. The van der Waals surface area contributed by atoms with Gasteiger partial charge in [-0.1, -0.05) is 24.3 Å². The average Bonchev–Trinajstić information content (AvgIpc) is 4.08. The number of para-hydroxylation sites is 2. The van der Waals surface area contributed by atoms with Crippen molar-refractivity contribution in [3.63, 3.8) is 0 Å². The molecule has 0 spiro atoms. The molecule has 8 rings (SSSR count). The zero-order valence-corrected chi connectivity index (χ0v) is 39.7. The Kier molecular flexibility index (Phi) is 18.7. The van der Waals surface area contributed by atoms with E-state index >= 15 is 0 Å². The van der Waals surface area contributed by atoms with Gasteiger partial charge < -0.3 is 39.6 Å². The molecule has 4 aliphatic rings. The zero-order valence-electron chi connectivity index (χ0n) is 36.1. The largest absolute Gasteiger partial charge is 1.00 e. The minimum Gasteiger partial charge on any atom is -0.549 e. The molecule has 0 saturated carbocycles. The number of nitrogens with one attached hydrogen (secondary N) is 1. The fourth-order valence-electron chi connectivity index (χ4n) is 6.54. The Hall–Kier alpha value is -5.76. The van der Waals surface area contributed by atoms with Gasteiger partial charge >= 0.3 is 29.6 Å². The topological polar surface area (TPSA) is 280 Å². The van der Waals surface area contributed by atoms with E-state index in [1.54, 1.807) is 60.7 Å². The number of furan rings is 2. The fraction of sp³-hybridized carbons (Fsp3) is 0.286. The summed E-state index contributed by atoms with van der Waals surface area (Å²) in [6, 6.07) is 19.0. The number of piperazine rings is 2. The van der Waals surface area contributed by atoms with E-state index < -0.39 is 27.6 Å². The van der Waals surface area contributed by atoms with Gasteiger partial charge in [0.25, 0.3) is 23.2 Å². The number of aliphatic imine (C=N–C) groups is 2. The van der Waals surface area contributed by atoms with E-state index in [1.165, 1.54) is 24.3 Å². The van der Waals surface area contributed by atoms with E-state index in [4.69, 9.17) is 14.6 Å². The maximum Gasteiger partial charge on any atom is 1.00 e. The van der Waals surface area contributed by atoms with Crippen molar-refractivity contribution in [3.05, 3.63) is 114 Å². The molecule has 2 fully saturated rings. The van der Waals surface area contributed by atoms with Crippen LogP contribution < -0.4 is 45.7 Å². The van der Waals surface area contributed by atoms with Crippen molar-refractivity contribution in [2.45, 2.75) is 0 Å². The molecule has 0 aliphatic carbocycles. The molecule has 2 aromatic carbocycles. The first-order valence-electron chi connectivity index (χ1n) is 19.9. The summed E-state index contributed by atoms with van der Waals surface area (Å²) in [7, 11) is 4.08. The van der Waals surface area contributed by atoms with Crippen molar-refractivity contribution in [2.24, 2.45) is 15.7 Å². The summed E-state index contributed by atoms with van der Waals surface area (Å²) in [5.41, 5.74) is 6.07. The molecule has 3 amide bonds. The van der Waals surface area contributed by atoms with Crippen LogP contribution in [0, 0.1) is 20.2 Å². The number of amides is 3. The Balaban J connectivity index is 0.000000207. The number of nitro benzene ring substituents is 2. The first-order valence-corrected chi connectivity index (χ1v) is 21.5. The van der Waals surface area contributed by atoms with Gasteiger partial charge in [0.15, 0.2) is 10.3 Å². The predicted molar refractivity (Wildman–Crippen MR) is 243 cm³/mol. The van der Waals surface area contributed by atoms with Gasteiger partial charge in [0.1, 0.15) is 23.0 Å². The summed E-state index contributed by atoms with van der Waals surface area (Å²) in [4.78, 5) is 84.0. The van der Waals surface area contributed by atoms with E-state index in [9.17, 15) is 44.5 Å². The van der Waals surface area contributed by atoms with Crippen LogP contribution in [0.5, 0.6) is 0 Å². The summed E-state index contributed by atoms with van der Waals surface area (Å²) in [6.45, 7) is 7.35. The predicted octanol–water partition coefficient (Wildman–Crippen LogP) is -0.0398. The number of rotatable bonds is 10. The minimum absolute atomic E-state index is 0. The number of thioether (sulfide) groups is 2. The molecule has 2 saturated heterocycles. The normalized spacial score (nSPS) is 18.1. The van der Waals surface area contributed by atoms with E-state index in [1.807, 2.05) is 19.0 Å². The second-order valence-corrected chi connectivity index (χ2v) is 16.8. The Bertz CT molecular complexity index is 2580. The molecule has 0 unspecified atom stereocenters. The number of nitrogens with zero attached hydrogens (tertiary/aromatic N) is 8. The quantitative estimate of drug-likeness (QED) is 0.0913. The van der Waals surface area contributed by atoms with Crippen LogP contribution in [0.25, 0.3) is 34.8 Å². The first-order chi connectivity index (χ1) is 31.1. The number of carboxylic acids is 1. The van der Waals surface area contributed by atoms with Gasteiger partial charge in [-0.2, -0.15) is 9.98 Å². The fourth-order valence-corrected chi connectivity index (χ4v) is 8.01. The number of benzene rings is 2. The van der Waals surface area contributed by atoms with E-state index in [0.717, 1.165) is 75.9 Å². The summed E-state index contributed by atoms with van der Waals surface area (Å²) >= 11 is 2.10. The number of hydrogen-bond acceptors (Lipinski definition) is 18. The van der Waals surface area contributed by atoms with Gasteiger partial charge in [-0.15, -0.1) is 0 Å². The number of carbonyl (C=O) groups is 4. The van der Waals surface area contributed by atoms with Crippen LogP contribution in [0.3, 0.4) is 0 Å². The van der Waals surface area contributed by atoms with Crippen LogP contribution in [0.15, 0.2) is 101 Å². The van der Waals surface area contributed by atoms with Crippen molar-refractivity contribution < 1.29 is 72.5 Å². The van der Waals surface area contributed by atoms with Gasteiger partial charge in [0.2, 0.25) is 5.91 Å². The third-order valence-corrected chi connectivity index (χ3v) is 11.7. The molecule has 6 heterocycles. The van der Waals surface area contributed by atoms with Crippen molar-refractivity contribution in [1.82, 2.24) is 24.9 Å². The molecule has 0 atom stereocenters. The van der Waals surface area contributed by atoms with Crippen molar-refractivity contribution >= 4 is 81.1 Å². The van der Waals surface area contributed by atoms with Gasteiger partial charge in [-0.05, 0) is 74.0 Å². The first kappa shape index (κ1) is 51.2. The molecule has 4 aliphatic heterocycles. The smallest absolute Gasteiger partial charge is 0.549 e. The molecule has 0 bridgehead atoms. The second kappa shape index (κ2) is 24.1. The Morgan fingerprint density at radius 2 is 1.14 bits per heavy atom. The third kappa shape index (κ3) is 14.6. The maximum atomic E-state index is 12.3. The van der Waals surface area contributed by atoms with Crippen LogP contribution in [-0.4, -0.2) is 143 Å². The van der Waals surface area contributed by atoms with E-state index in [2.05, 4.69) is 30.0 Å². The molecule has 3 N–H and O–H groups in total. The standard InChI is InChI=1S/C21H21N5O5S.C14H9N3O4S.C7H14N2O2.Na/c1-24-8-10-25(11-9-24)13-19(27)22-21-23-20(28)18(32-21)12-14-6-7-17(31-14)15-4-2-3-5-16(15)26(29)30;15-14-16-13(18)12(22-14)7-8-5-6-11(21-8)9-3-1-2-4-10(9)17(19)20;1-8-2-4-9(5-3-8)6-7(10)11;/h2-7,12H,8-11,13H2,1H3,(H,22,23,27,28);1-7H,(H2,15,16,18);2-6H2,1H3,(H,10,11);/q;;;+1/p-1/b18-12-;12-7-;;. The zero-order chi connectivity index (χ0) is 46.6. The minimum atomic E-state index is -0.977. The molecule has 340 valence electrons. The van der Waals surface area contributed by atoms with Gasteiger partial charge in [-0.25, -0.2) is 0 Å². The Morgan fingerprint density at radius 3 is 1.58 bits per heavy atom. The molecule has 24 heteroatoms. The van der Waals surface area contributed by atoms with Crippen LogP contribution >= 0.6 is 23.5 Å². The third-order valence-electron chi connectivity index (χ3n) is 9.95. The van der Waals surface area contributed by atoms with Crippen molar-refractivity contribution in [3.8, 4) is 22.6 Å². The van der Waals surface area contributed by atoms with Crippen molar-refractivity contribution in [2.75, 3.05) is 79.5 Å². The SMILES string of the molecule is CN1CCN(CC(=O)NC2=NC(=O)/C(=C/c3ccc(-c4ccccc4[N+](=O)[O-])o3)S2)CC1.CN1CCN(CC(=O)[O-])CC1.NC1=NC(=O)/C(=C/c2ccc(-c3ccccc3[N+](=O)[O-])o2)S1.[Na+]. The number of likely N-dealkylation sites (N-methyl/N-ethyl adjacent to an activating group) is 2. The van der Waals surface area contributed by atoms with Gasteiger partial charge in [-0.3, -0.25) is 44.4 Å². The molecule has 2 aromatic heterocycles. The Labute approximate surface area is 408 Å². The molecule has 4 aromatic rings. The molecular weight excluding hydrogens is 908 g/mol. The second-order valence-electron chi connectivity index (χ2n) is 14.7. The van der Waals surface area contributed by atoms with Gasteiger partial charge in [0, 0.05) is 83.2 Å². The summed E-state index contributed by atoms with van der Waals surface area (Å²) < 4.78 is 11.3. The number of carbonyl (C=O) groups excluding carboxylic acids is 4. The molecule has 66 heavy (non-hydrogen) atoms. The van der Waals surface area contributed by atoms with E-state index in [0.29, 0.717) is 44.0 Å². The summed E-state index contributed by atoms with van der Waals surface area (Å²) in [5.74, 6) is -0.673. The number of amidine groups is 2. The molecular formula is C42H43N10NaO11S2. The number of aliphatic carboxylic acids is 1. The van der Waals surface area contributed by atoms with Gasteiger partial charge in [0.05, 0.1) is 43.3 Å². The molecule has 0 radical (unpaired) electrons. The van der Waals surface area contributed by atoms with Crippen LogP contribution in [-0.2, 0) is 19.2 Å². The van der Waals surface area contributed by atoms with Crippen LogP contribution in [0.4, 0.5) is 11.4 Å². The summed E-state index contributed by atoms with van der Waals surface area (Å²) in [6.07, 6.45) is 3.02. The van der Waals surface area contributed by atoms with Crippen LogP contribution in [0.2, 0.25) is 0 Å². The number of hydrogen-bond donors (Lipinski definition) is 2. The monoisotopic (exact) mass is 950 g/mol. The number of carboxylic acid groups (broad SMARTS) is 1. The van der Waals surface area contributed by atoms with Crippen molar-refractivity contribution in [1.29, 1.82) is 0 Å². The van der Waals surface area contributed by atoms with E-state index in [-0.39, 0.29) is 70.3 Å². The van der Waals surface area contributed by atoms with Crippen LogP contribution in [0.1, 0.15) is 11.5 Å². The number of nitrogens with two attached hydrogens (primary N) is 1. The Morgan fingerprint density at radius 1 is 0.697 bits per heavy atom. The summed E-state index contributed by atoms with van der Waals surface area (Å²) in [5, 5.41) is 35.6. The number of nitro groups is 2.